The quantitative estimate of drug-likeness (QED) is 0.160. The summed E-state index contributed by atoms with van der Waals surface area (Å²) >= 11 is 0. The number of pyridine rings is 2. The first-order chi connectivity index (χ1) is 32.7. The highest BCUT2D eigenvalue weighted by molar-refractivity contribution is 6.21. The molecule has 2 aromatic heterocycles. The predicted octanol–water partition coefficient (Wildman–Crippen LogP) is 17.0. The van der Waals surface area contributed by atoms with Crippen LogP contribution in [0.3, 0.4) is 0 Å². The van der Waals surface area contributed by atoms with Crippen LogP contribution in [-0.4, -0.2) is 9.97 Å². The lowest BCUT2D eigenvalue weighted by Gasteiger charge is -2.27. The van der Waals surface area contributed by atoms with E-state index in [1.807, 2.05) is 24.7 Å². The van der Waals surface area contributed by atoms with Gasteiger partial charge in [0.25, 0.3) is 0 Å². The molecule has 0 bridgehead atoms. The topological polar surface area (TPSA) is 32.3 Å². The van der Waals surface area contributed by atoms with Crippen molar-refractivity contribution in [2.75, 3.05) is 9.80 Å². The molecule has 2 heterocycles. The molecule has 0 N–H and O–H groups in total. The molecule has 4 nitrogen and oxygen atoms in total. The third-order valence-corrected chi connectivity index (χ3v) is 13.8. The lowest BCUT2D eigenvalue weighted by Crippen LogP contribution is -2.10. The fourth-order valence-electron chi connectivity index (χ4n) is 10.9. The van der Waals surface area contributed by atoms with E-state index in [-0.39, 0.29) is 0 Å². The second kappa shape index (κ2) is 14.3. The van der Waals surface area contributed by atoms with E-state index in [0.717, 1.165) is 66.9 Å². The van der Waals surface area contributed by atoms with Crippen LogP contribution in [0.2, 0.25) is 0 Å². The molecule has 66 heavy (non-hydrogen) atoms. The van der Waals surface area contributed by atoms with Gasteiger partial charge in [0.2, 0.25) is 0 Å². The summed E-state index contributed by atoms with van der Waals surface area (Å²) < 4.78 is 0. The summed E-state index contributed by atoms with van der Waals surface area (Å²) in [4.78, 5) is 14.2. The zero-order valence-corrected chi connectivity index (χ0v) is 35.7. The molecule has 0 saturated carbocycles. The van der Waals surface area contributed by atoms with Gasteiger partial charge in [0.05, 0.1) is 16.9 Å². The molecule has 0 amide bonds. The Kier molecular flexibility index (Phi) is 7.95. The van der Waals surface area contributed by atoms with Gasteiger partial charge in [0.15, 0.2) is 0 Å². The first-order valence-electron chi connectivity index (χ1n) is 22.5. The fourth-order valence-corrected chi connectivity index (χ4v) is 10.9. The van der Waals surface area contributed by atoms with E-state index in [4.69, 9.17) is 4.98 Å². The number of rotatable bonds is 7. The number of hydrogen-bond donors (Lipinski definition) is 0. The Morgan fingerprint density at radius 1 is 0.303 bits per heavy atom. The van der Waals surface area contributed by atoms with E-state index in [1.54, 1.807) is 0 Å². The average Bonchev–Trinajstić information content (AvgIpc) is 3.89. The maximum Gasteiger partial charge on any atom is 0.0703 e. The van der Waals surface area contributed by atoms with E-state index in [9.17, 15) is 0 Å². The van der Waals surface area contributed by atoms with Gasteiger partial charge in [-0.15, -0.1) is 0 Å². The van der Waals surface area contributed by atoms with Crippen LogP contribution >= 0.6 is 0 Å². The molecular formula is C62H38N4. The molecule has 0 radical (unpaired) electrons. The summed E-state index contributed by atoms with van der Waals surface area (Å²) in [5.41, 5.74) is 20.1. The van der Waals surface area contributed by atoms with Gasteiger partial charge in [-0.05, 0) is 145 Å². The van der Waals surface area contributed by atoms with E-state index < -0.39 is 0 Å². The van der Waals surface area contributed by atoms with Crippen LogP contribution < -0.4 is 9.80 Å². The van der Waals surface area contributed by atoms with Crippen LogP contribution in [0, 0.1) is 0 Å². The van der Waals surface area contributed by atoms with E-state index >= 15 is 0 Å². The molecule has 306 valence electrons. The van der Waals surface area contributed by atoms with Crippen LogP contribution in [0.25, 0.3) is 98.9 Å². The van der Waals surface area contributed by atoms with Gasteiger partial charge in [-0.2, -0.15) is 0 Å². The zero-order valence-electron chi connectivity index (χ0n) is 35.7. The maximum absolute atomic E-state index is 4.82. The number of anilines is 6. The van der Waals surface area contributed by atoms with Crippen LogP contribution in [0.5, 0.6) is 0 Å². The number of nitrogens with zero attached hydrogens (tertiary/aromatic N) is 4. The predicted molar refractivity (Wildman–Crippen MR) is 276 cm³/mol. The standard InChI is InChI=1S/C62H38N4/c1-3-13-42(14-4-1)65(44-26-30-58-40(34-44)12-11-33-64-58)59-32-29-52-48-27-24-39(35-56(48)50-20-10-22-54(59)62(50)52)57-38-63-37-41-23-25-45(36-55(41)57)66(43-15-5-2-6-16-43)60-31-28-51-47-18-8-7-17-46(47)49-19-9-21-53(60)61(49)51/h1-38H. The van der Waals surface area contributed by atoms with Gasteiger partial charge in [-0.25, -0.2) is 0 Å². The molecule has 0 aliphatic heterocycles. The first-order valence-corrected chi connectivity index (χ1v) is 22.5. The highest BCUT2D eigenvalue weighted by atomic mass is 15.1. The summed E-state index contributed by atoms with van der Waals surface area (Å²) in [6.45, 7) is 0. The maximum atomic E-state index is 4.82. The van der Waals surface area contributed by atoms with Crippen molar-refractivity contribution in [3.63, 3.8) is 0 Å². The molecule has 0 unspecified atom stereocenters. The molecular weight excluding hydrogens is 801 g/mol. The Bertz CT molecular complexity index is 3920. The van der Waals surface area contributed by atoms with Gasteiger partial charge >= 0.3 is 0 Å². The number of aromatic nitrogens is 2. The summed E-state index contributed by atoms with van der Waals surface area (Å²) in [6, 6.07) is 77.4. The molecule has 14 rings (SSSR count). The Morgan fingerprint density at radius 3 is 1.55 bits per heavy atom. The minimum Gasteiger partial charge on any atom is -0.310 e. The third-order valence-electron chi connectivity index (χ3n) is 13.8. The summed E-state index contributed by atoms with van der Waals surface area (Å²) in [5, 5.41) is 8.39. The Hall–Kier alpha value is -8.86. The smallest absolute Gasteiger partial charge is 0.0703 e. The van der Waals surface area contributed by atoms with Crippen molar-refractivity contribution in [1.29, 1.82) is 0 Å². The summed E-state index contributed by atoms with van der Waals surface area (Å²) in [5.74, 6) is 0. The SMILES string of the molecule is c1ccc(N(c2ccc3cncc(-c4ccc5c(c4)-c4cccc6c(N(c7ccccc7)c7ccc8ncccc8c7)ccc-5c46)c3c2)c2ccc3c4c(cccc24)-c2ccccc2-3)cc1. The fraction of sp³-hybridized carbons (Fsp3) is 0. The molecule has 0 saturated heterocycles. The van der Waals surface area contributed by atoms with Crippen molar-refractivity contribution < 1.29 is 0 Å². The highest BCUT2D eigenvalue weighted by Crippen LogP contribution is 2.54. The van der Waals surface area contributed by atoms with Gasteiger partial charge in [0, 0.05) is 68.4 Å². The van der Waals surface area contributed by atoms with Crippen molar-refractivity contribution in [2.24, 2.45) is 0 Å². The van der Waals surface area contributed by atoms with Gasteiger partial charge in [-0.3, -0.25) is 9.97 Å². The minimum atomic E-state index is 0.982. The van der Waals surface area contributed by atoms with Crippen LogP contribution in [0.4, 0.5) is 34.1 Å². The molecule has 4 heteroatoms. The van der Waals surface area contributed by atoms with Gasteiger partial charge in [-0.1, -0.05) is 133 Å². The van der Waals surface area contributed by atoms with Crippen molar-refractivity contribution in [2.45, 2.75) is 0 Å². The van der Waals surface area contributed by atoms with E-state index in [0.29, 0.717) is 0 Å². The molecule has 2 aliphatic carbocycles. The second-order valence-corrected chi connectivity index (χ2v) is 17.3. The van der Waals surface area contributed by atoms with Crippen molar-refractivity contribution in [3.05, 3.63) is 231 Å². The molecule has 0 fully saturated rings. The molecule has 0 atom stereocenters. The number of benzene rings is 10. The monoisotopic (exact) mass is 838 g/mol. The lowest BCUT2D eigenvalue weighted by atomic mass is 9.95. The lowest BCUT2D eigenvalue weighted by molar-refractivity contribution is 1.30. The van der Waals surface area contributed by atoms with Crippen molar-refractivity contribution in [3.8, 4) is 55.6 Å². The summed E-state index contributed by atoms with van der Waals surface area (Å²) in [7, 11) is 0. The molecule has 2 aliphatic rings. The largest absolute Gasteiger partial charge is 0.310 e. The molecule has 10 aromatic carbocycles. The number of para-hydroxylation sites is 2. The minimum absolute atomic E-state index is 0.982. The van der Waals surface area contributed by atoms with Gasteiger partial charge in [0.1, 0.15) is 0 Å². The van der Waals surface area contributed by atoms with Crippen LogP contribution in [0.15, 0.2) is 231 Å². The Balaban J connectivity index is 0.905. The van der Waals surface area contributed by atoms with Crippen molar-refractivity contribution >= 4 is 77.3 Å². The Morgan fingerprint density at radius 2 is 0.864 bits per heavy atom. The molecule has 0 spiro atoms. The van der Waals surface area contributed by atoms with Crippen LogP contribution in [0.1, 0.15) is 0 Å². The number of fused-ring (bicyclic) bond motifs is 8. The first kappa shape index (κ1) is 36.6. The third kappa shape index (κ3) is 5.45. The second-order valence-electron chi connectivity index (χ2n) is 17.3. The highest BCUT2D eigenvalue weighted by Gasteiger charge is 2.27. The summed E-state index contributed by atoms with van der Waals surface area (Å²) in [6.07, 6.45) is 5.88. The molecule has 12 aromatic rings. The van der Waals surface area contributed by atoms with Crippen molar-refractivity contribution in [1.82, 2.24) is 9.97 Å². The normalized spacial score (nSPS) is 11.9. The van der Waals surface area contributed by atoms with E-state index in [1.165, 1.54) is 66.1 Å². The zero-order chi connectivity index (χ0) is 43.3. The van der Waals surface area contributed by atoms with E-state index in [2.05, 4.69) is 221 Å². The Labute approximate surface area is 382 Å². The number of hydrogen-bond acceptors (Lipinski definition) is 4. The van der Waals surface area contributed by atoms with Crippen LogP contribution in [-0.2, 0) is 0 Å². The average molecular weight is 839 g/mol. The van der Waals surface area contributed by atoms with Gasteiger partial charge < -0.3 is 9.80 Å².